The van der Waals surface area contributed by atoms with Crippen molar-refractivity contribution in [2.24, 2.45) is 39.8 Å². The van der Waals surface area contributed by atoms with E-state index in [1.54, 1.807) is 27.7 Å². The zero-order chi connectivity index (χ0) is 52.2. The Kier molecular flexibility index (Phi) is 22.3. The predicted molar refractivity (Wildman–Crippen MR) is 255 cm³/mol. The second-order valence-corrected chi connectivity index (χ2v) is 17.8. The number of likely N-dealkylation sites (tertiary alicyclic amines) is 1. The maximum absolute atomic E-state index is 14.4. The van der Waals surface area contributed by atoms with Gasteiger partial charge < -0.3 is 75.1 Å². The smallest absolute Gasteiger partial charge is 0.326 e. The molecule has 24 nitrogen and oxygen atoms in total. The number of carboxylic acids is 1. The SMILES string of the molecule is CC(C)C[C@H](NC(=O)[C@H](CC(N)=O)NC(=O)[C@H](Cc1ccc(O)cc1)NC(=O)CN)C(=O)N[C@@H](Cc1ccc(O)cc1)C(=O)N[C@@H](CCCN=C(N)N)C(=O)N[C@H](C(=O)N1CCC[C@H]1C(=O)O)C(C)C. The molecule has 1 heterocycles. The van der Waals surface area contributed by atoms with Gasteiger partial charge in [0.05, 0.1) is 13.0 Å². The summed E-state index contributed by atoms with van der Waals surface area (Å²) >= 11 is 0. The standard InChI is InChI=1S/C46H68N12O12/c1-24(2)19-31(54-43(67)34(22-36(48)61)56-41(65)32(52-37(62)23-47)20-26-9-13-28(59)14-10-26)40(64)55-33(21-27-11-15-29(60)16-12-27)42(66)53-30(7-5-17-51-46(49)50)39(63)57-38(25(3)4)44(68)58-18-6-8-35(58)45(69)70/h9-16,24-25,30-35,38,59-60H,5-8,17-23,47H2,1-4H3,(H2,48,61)(H,52,62)(H,53,66)(H,54,67)(H,55,64)(H,56,65)(H,57,63)(H,69,70)(H4,49,50,51)/t30-,31-,32-,33-,34-,35-,38-/m0/s1. The van der Waals surface area contributed by atoms with Gasteiger partial charge in [0.25, 0.3) is 0 Å². The molecule has 2 aromatic rings. The minimum atomic E-state index is -1.67. The van der Waals surface area contributed by atoms with E-state index in [0.29, 0.717) is 17.5 Å². The molecule has 0 saturated carbocycles. The lowest BCUT2D eigenvalue weighted by Crippen LogP contribution is -2.61. The Morgan fingerprint density at radius 1 is 0.671 bits per heavy atom. The molecular weight excluding hydrogens is 913 g/mol. The molecule has 2 aromatic carbocycles. The number of hydrogen-bond acceptors (Lipinski definition) is 13. The second-order valence-electron chi connectivity index (χ2n) is 17.8. The van der Waals surface area contributed by atoms with E-state index < -0.39 is 114 Å². The van der Waals surface area contributed by atoms with Crippen LogP contribution >= 0.6 is 0 Å². The second kappa shape index (κ2) is 27.5. The van der Waals surface area contributed by atoms with Crippen LogP contribution in [-0.2, 0) is 56.0 Å². The van der Waals surface area contributed by atoms with Crippen molar-refractivity contribution in [3.63, 3.8) is 0 Å². The number of nitrogens with two attached hydrogens (primary N) is 4. The Balaban J connectivity index is 1.95. The topological polar surface area (TPSA) is 406 Å². The van der Waals surface area contributed by atoms with E-state index in [1.165, 1.54) is 53.4 Å². The molecule has 0 aromatic heterocycles. The third kappa shape index (κ3) is 18.5. The summed E-state index contributed by atoms with van der Waals surface area (Å²) in [6.07, 6.45) is -0.316. The third-order valence-corrected chi connectivity index (χ3v) is 11.2. The summed E-state index contributed by atoms with van der Waals surface area (Å²) in [6, 6.07) is 1.98. The molecule has 0 bridgehead atoms. The molecule has 24 heteroatoms. The van der Waals surface area contributed by atoms with Crippen molar-refractivity contribution in [3.05, 3.63) is 59.7 Å². The van der Waals surface area contributed by atoms with Crippen molar-refractivity contribution in [1.82, 2.24) is 36.8 Å². The minimum absolute atomic E-state index is 0.0292. The van der Waals surface area contributed by atoms with E-state index in [1.807, 2.05) is 0 Å². The number of primary amides is 1. The Bertz CT molecular complexity index is 2180. The highest BCUT2D eigenvalue weighted by Gasteiger charge is 2.40. The minimum Gasteiger partial charge on any atom is -0.508 e. The summed E-state index contributed by atoms with van der Waals surface area (Å²) in [7, 11) is 0. The Morgan fingerprint density at radius 2 is 1.14 bits per heavy atom. The lowest BCUT2D eigenvalue weighted by Gasteiger charge is -2.31. The van der Waals surface area contributed by atoms with Gasteiger partial charge in [0, 0.05) is 25.9 Å². The summed E-state index contributed by atoms with van der Waals surface area (Å²) < 4.78 is 0. The van der Waals surface area contributed by atoms with E-state index in [2.05, 4.69) is 36.9 Å². The van der Waals surface area contributed by atoms with Gasteiger partial charge in [0.15, 0.2) is 5.96 Å². The number of carbonyl (C=O) groups excluding carboxylic acids is 8. The fourth-order valence-electron chi connectivity index (χ4n) is 7.62. The predicted octanol–water partition coefficient (Wildman–Crippen LogP) is -2.54. The van der Waals surface area contributed by atoms with Crippen molar-refractivity contribution in [2.75, 3.05) is 19.6 Å². The highest BCUT2D eigenvalue weighted by Crippen LogP contribution is 2.21. The van der Waals surface area contributed by atoms with E-state index in [0.717, 1.165) is 0 Å². The van der Waals surface area contributed by atoms with Crippen LogP contribution in [0.2, 0.25) is 0 Å². The number of aliphatic carboxylic acids is 1. The van der Waals surface area contributed by atoms with Crippen LogP contribution in [0, 0.1) is 11.8 Å². The van der Waals surface area contributed by atoms with E-state index in [4.69, 9.17) is 22.9 Å². The molecule has 1 fully saturated rings. The van der Waals surface area contributed by atoms with Crippen LogP contribution in [0.15, 0.2) is 53.5 Å². The van der Waals surface area contributed by atoms with Crippen molar-refractivity contribution in [2.45, 2.75) is 121 Å². The average molecular weight is 981 g/mol. The van der Waals surface area contributed by atoms with Crippen LogP contribution in [0.4, 0.5) is 0 Å². The maximum Gasteiger partial charge on any atom is 0.326 e. The average Bonchev–Trinajstić information content (AvgIpc) is 3.79. The van der Waals surface area contributed by atoms with Gasteiger partial charge in [-0.15, -0.1) is 0 Å². The number of aliphatic imine (C=N–C) groups is 1. The number of guanidine groups is 1. The van der Waals surface area contributed by atoms with Gasteiger partial charge in [-0.3, -0.25) is 43.3 Å². The lowest BCUT2D eigenvalue weighted by molar-refractivity contribution is -0.150. The number of phenols is 2. The first-order valence-electron chi connectivity index (χ1n) is 22.9. The number of benzene rings is 2. The van der Waals surface area contributed by atoms with Crippen molar-refractivity contribution in [1.29, 1.82) is 0 Å². The van der Waals surface area contributed by atoms with Crippen LogP contribution in [0.5, 0.6) is 11.5 Å². The van der Waals surface area contributed by atoms with Gasteiger partial charge in [-0.25, -0.2) is 4.79 Å². The van der Waals surface area contributed by atoms with Crippen LogP contribution in [0.25, 0.3) is 0 Å². The summed E-state index contributed by atoms with van der Waals surface area (Å²) in [6.45, 7) is 6.56. The number of rotatable bonds is 27. The molecular formula is C46H68N12O12. The first kappa shape index (κ1) is 56.8. The number of hydrogen-bond donors (Lipinski definition) is 13. The summed E-state index contributed by atoms with van der Waals surface area (Å²) in [5, 5.41) is 44.9. The van der Waals surface area contributed by atoms with Gasteiger partial charge in [0.2, 0.25) is 47.3 Å². The molecule has 1 saturated heterocycles. The highest BCUT2D eigenvalue weighted by molar-refractivity contribution is 5.98. The summed E-state index contributed by atoms with van der Waals surface area (Å²) in [5.41, 5.74) is 22.9. The largest absolute Gasteiger partial charge is 0.508 e. The number of nitrogens with zero attached hydrogens (tertiary/aromatic N) is 2. The summed E-state index contributed by atoms with van der Waals surface area (Å²) in [4.78, 5) is 126. The number of phenolic OH excluding ortho intramolecular Hbond substituents is 2. The van der Waals surface area contributed by atoms with Crippen LogP contribution in [0.3, 0.4) is 0 Å². The molecule has 3 rings (SSSR count). The van der Waals surface area contributed by atoms with Crippen molar-refractivity contribution < 1.29 is 58.5 Å². The maximum atomic E-state index is 14.4. The van der Waals surface area contributed by atoms with Gasteiger partial charge in [-0.2, -0.15) is 0 Å². The molecule has 384 valence electrons. The molecule has 17 N–H and O–H groups in total. The number of nitrogens with one attached hydrogen (secondary N) is 6. The molecule has 0 radical (unpaired) electrons. The fourth-order valence-corrected chi connectivity index (χ4v) is 7.62. The van der Waals surface area contributed by atoms with Gasteiger partial charge in [-0.1, -0.05) is 52.0 Å². The van der Waals surface area contributed by atoms with Crippen LogP contribution in [0.1, 0.15) is 77.3 Å². The normalized spacial score (nSPS) is 15.8. The van der Waals surface area contributed by atoms with Gasteiger partial charge >= 0.3 is 5.97 Å². The van der Waals surface area contributed by atoms with Crippen molar-refractivity contribution >= 4 is 59.2 Å². The van der Waals surface area contributed by atoms with E-state index >= 15 is 0 Å². The highest BCUT2D eigenvalue weighted by atomic mass is 16.4. The Morgan fingerprint density at radius 3 is 1.63 bits per heavy atom. The van der Waals surface area contributed by atoms with Gasteiger partial charge in [0.1, 0.15) is 53.8 Å². The molecule has 70 heavy (non-hydrogen) atoms. The van der Waals surface area contributed by atoms with Crippen molar-refractivity contribution in [3.8, 4) is 11.5 Å². The monoisotopic (exact) mass is 981 g/mol. The number of aromatic hydroxyl groups is 2. The van der Waals surface area contributed by atoms with Crippen LogP contribution < -0.4 is 54.8 Å². The van der Waals surface area contributed by atoms with E-state index in [-0.39, 0.29) is 75.0 Å². The number of carbonyl (C=O) groups is 9. The number of amides is 8. The van der Waals surface area contributed by atoms with Gasteiger partial charge in [-0.05, 0) is 79.3 Å². The third-order valence-electron chi connectivity index (χ3n) is 11.2. The zero-order valence-electron chi connectivity index (χ0n) is 39.8. The molecule has 0 aliphatic carbocycles. The lowest BCUT2D eigenvalue weighted by atomic mass is 9.99. The Labute approximate surface area is 405 Å². The fraction of sp³-hybridized carbons (Fsp3) is 0.522. The Hall–Kier alpha value is -7.50. The molecule has 0 unspecified atom stereocenters. The van der Waals surface area contributed by atoms with Crippen LogP contribution in [-0.4, -0.2) is 141 Å². The molecule has 0 spiro atoms. The number of carboxylic acid groups (broad SMARTS) is 1. The quantitative estimate of drug-likeness (QED) is 0.0249. The molecule has 7 atom stereocenters. The molecule has 8 amide bonds. The first-order chi connectivity index (χ1) is 33.0. The molecule has 1 aliphatic heterocycles. The molecule has 1 aliphatic rings. The van der Waals surface area contributed by atoms with E-state index in [9.17, 15) is 58.5 Å². The summed E-state index contributed by atoms with van der Waals surface area (Å²) in [5.74, 6) is -9.14. The zero-order valence-corrected chi connectivity index (χ0v) is 39.8. The first-order valence-corrected chi connectivity index (χ1v) is 22.9.